The van der Waals surface area contributed by atoms with Crippen molar-refractivity contribution in [2.45, 2.75) is 26.8 Å². The second kappa shape index (κ2) is 3.39. The molecule has 0 aliphatic heterocycles. The normalized spacial score (nSPS) is 10.1. The Morgan fingerprint density at radius 3 is 2.36 bits per heavy atom. The molecular weight excluding hydrogens is 140 g/mol. The molecule has 0 aliphatic carbocycles. The SMILES string of the molecule is CCc1nc(C)nc(CN)n1. The summed E-state index contributed by atoms with van der Waals surface area (Å²) >= 11 is 0. The van der Waals surface area contributed by atoms with E-state index in [-0.39, 0.29) is 0 Å². The lowest BCUT2D eigenvalue weighted by Gasteiger charge is -1.99. The molecule has 1 heterocycles. The fourth-order valence-electron chi connectivity index (χ4n) is 0.847. The first-order valence-electron chi connectivity index (χ1n) is 3.66. The molecule has 0 amide bonds. The van der Waals surface area contributed by atoms with Crippen LogP contribution in [0.2, 0.25) is 0 Å². The second-order valence-corrected chi connectivity index (χ2v) is 2.27. The third-order valence-corrected chi connectivity index (χ3v) is 1.34. The van der Waals surface area contributed by atoms with Crippen LogP contribution in [0.15, 0.2) is 0 Å². The van der Waals surface area contributed by atoms with Gasteiger partial charge in [0.1, 0.15) is 17.5 Å². The summed E-state index contributed by atoms with van der Waals surface area (Å²) in [7, 11) is 0. The van der Waals surface area contributed by atoms with Crippen LogP contribution in [-0.4, -0.2) is 15.0 Å². The van der Waals surface area contributed by atoms with Gasteiger partial charge in [0.25, 0.3) is 0 Å². The molecule has 0 radical (unpaired) electrons. The van der Waals surface area contributed by atoms with Crippen LogP contribution in [0.4, 0.5) is 0 Å². The van der Waals surface area contributed by atoms with Crippen molar-refractivity contribution in [3.05, 3.63) is 17.5 Å². The summed E-state index contributed by atoms with van der Waals surface area (Å²) < 4.78 is 0. The van der Waals surface area contributed by atoms with E-state index in [0.717, 1.165) is 18.1 Å². The zero-order chi connectivity index (χ0) is 8.27. The first-order valence-corrected chi connectivity index (χ1v) is 3.66. The van der Waals surface area contributed by atoms with E-state index >= 15 is 0 Å². The lowest BCUT2D eigenvalue weighted by atomic mass is 10.4. The summed E-state index contributed by atoms with van der Waals surface area (Å²) in [5.74, 6) is 2.24. The molecule has 60 valence electrons. The Morgan fingerprint density at radius 1 is 1.18 bits per heavy atom. The van der Waals surface area contributed by atoms with Gasteiger partial charge in [-0.3, -0.25) is 0 Å². The van der Waals surface area contributed by atoms with Gasteiger partial charge in [0.05, 0.1) is 6.54 Å². The quantitative estimate of drug-likeness (QED) is 0.657. The molecule has 4 nitrogen and oxygen atoms in total. The van der Waals surface area contributed by atoms with Gasteiger partial charge in [-0.15, -0.1) is 0 Å². The Balaban J connectivity index is 3.02. The lowest BCUT2D eigenvalue weighted by Crippen LogP contribution is -2.08. The smallest absolute Gasteiger partial charge is 0.146 e. The third-order valence-electron chi connectivity index (χ3n) is 1.34. The number of aryl methyl sites for hydroxylation is 2. The monoisotopic (exact) mass is 152 g/mol. The van der Waals surface area contributed by atoms with Crippen LogP contribution in [0.5, 0.6) is 0 Å². The molecule has 1 aromatic heterocycles. The van der Waals surface area contributed by atoms with Crippen LogP contribution < -0.4 is 5.73 Å². The average Bonchev–Trinajstić information content (AvgIpc) is 2.03. The predicted molar refractivity (Wildman–Crippen MR) is 41.8 cm³/mol. The highest BCUT2D eigenvalue weighted by atomic mass is 15.0. The summed E-state index contributed by atoms with van der Waals surface area (Å²) in [4.78, 5) is 12.3. The van der Waals surface area contributed by atoms with Crippen molar-refractivity contribution in [3.63, 3.8) is 0 Å². The molecular formula is C7H12N4. The zero-order valence-electron chi connectivity index (χ0n) is 6.83. The number of nitrogens with two attached hydrogens (primary N) is 1. The molecule has 1 rings (SSSR count). The van der Waals surface area contributed by atoms with Crippen LogP contribution in [-0.2, 0) is 13.0 Å². The van der Waals surface area contributed by atoms with E-state index < -0.39 is 0 Å². The first-order chi connectivity index (χ1) is 5.26. The van der Waals surface area contributed by atoms with Gasteiger partial charge in [0.15, 0.2) is 0 Å². The number of nitrogens with zero attached hydrogens (tertiary/aromatic N) is 3. The summed E-state index contributed by atoms with van der Waals surface area (Å²) in [6.45, 7) is 4.24. The van der Waals surface area contributed by atoms with Gasteiger partial charge >= 0.3 is 0 Å². The van der Waals surface area contributed by atoms with Crippen LogP contribution in [0.1, 0.15) is 24.4 Å². The van der Waals surface area contributed by atoms with E-state index in [9.17, 15) is 0 Å². The maximum Gasteiger partial charge on any atom is 0.146 e. The highest BCUT2D eigenvalue weighted by molar-refractivity contribution is 4.95. The van der Waals surface area contributed by atoms with Crippen LogP contribution in [0.25, 0.3) is 0 Å². The van der Waals surface area contributed by atoms with E-state index in [1.165, 1.54) is 0 Å². The fourth-order valence-corrected chi connectivity index (χ4v) is 0.847. The summed E-state index contributed by atoms with van der Waals surface area (Å²) in [6, 6.07) is 0. The molecule has 0 atom stereocenters. The second-order valence-electron chi connectivity index (χ2n) is 2.27. The van der Waals surface area contributed by atoms with E-state index in [1.54, 1.807) is 0 Å². The average molecular weight is 152 g/mol. The molecule has 0 aromatic carbocycles. The Kier molecular flexibility index (Phi) is 2.48. The van der Waals surface area contributed by atoms with Crippen molar-refractivity contribution in [1.29, 1.82) is 0 Å². The Morgan fingerprint density at radius 2 is 1.82 bits per heavy atom. The Hall–Kier alpha value is -1.03. The summed E-state index contributed by atoms with van der Waals surface area (Å²) in [6.07, 6.45) is 0.830. The molecule has 0 bridgehead atoms. The van der Waals surface area contributed by atoms with Crippen LogP contribution >= 0.6 is 0 Å². The molecule has 0 unspecified atom stereocenters. The maximum absolute atomic E-state index is 5.39. The molecule has 4 heteroatoms. The minimum atomic E-state index is 0.385. The molecule has 0 saturated carbocycles. The van der Waals surface area contributed by atoms with Crippen molar-refractivity contribution in [3.8, 4) is 0 Å². The van der Waals surface area contributed by atoms with Gasteiger partial charge in [-0.25, -0.2) is 15.0 Å². The number of hydrogen-bond acceptors (Lipinski definition) is 4. The van der Waals surface area contributed by atoms with Crippen molar-refractivity contribution in [1.82, 2.24) is 15.0 Å². The van der Waals surface area contributed by atoms with Crippen LogP contribution in [0, 0.1) is 6.92 Å². The van der Waals surface area contributed by atoms with E-state index in [2.05, 4.69) is 15.0 Å². The standard InChI is InChI=1S/C7H12N4/c1-3-6-9-5(2)10-7(4-8)11-6/h3-4,8H2,1-2H3. The summed E-state index contributed by atoms with van der Waals surface area (Å²) in [5, 5.41) is 0. The molecule has 0 fully saturated rings. The highest BCUT2D eigenvalue weighted by Gasteiger charge is 1.98. The largest absolute Gasteiger partial charge is 0.324 e. The molecule has 1 aromatic rings. The van der Waals surface area contributed by atoms with E-state index in [4.69, 9.17) is 5.73 Å². The van der Waals surface area contributed by atoms with E-state index in [1.807, 2.05) is 13.8 Å². The minimum absolute atomic E-state index is 0.385. The van der Waals surface area contributed by atoms with Gasteiger partial charge in [-0.1, -0.05) is 6.92 Å². The molecule has 11 heavy (non-hydrogen) atoms. The number of hydrogen-bond donors (Lipinski definition) is 1. The number of aromatic nitrogens is 3. The maximum atomic E-state index is 5.39. The van der Waals surface area contributed by atoms with Crippen molar-refractivity contribution >= 4 is 0 Å². The fraction of sp³-hybridized carbons (Fsp3) is 0.571. The highest BCUT2D eigenvalue weighted by Crippen LogP contribution is 1.94. The Bertz CT molecular complexity index is 224. The lowest BCUT2D eigenvalue weighted by molar-refractivity contribution is 0.788. The predicted octanol–water partition coefficient (Wildman–Crippen LogP) is 0.201. The van der Waals surface area contributed by atoms with Gasteiger partial charge in [-0.2, -0.15) is 0 Å². The summed E-state index contributed by atoms with van der Waals surface area (Å²) in [5.41, 5.74) is 5.39. The molecule has 0 spiro atoms. The van der Waals surface area contributed by atoms with Crippen molar-refractivity contribution < 1.29 is 0 Å². The van der Waals surface area contributed by atoms with Gasteiger partial charge in [-0.05, 0) is 6.92 Å². The van der Waals surface area contributed by atoms with E-state index in [0.29, 0.717) is 12.4 Å². The van der Waals surface area contributed by atoms with Crippen molar-refractivity contribution in [2.75, 3.05) is 0 Å². The van der Waals surface area contributed by atoms with Gasteiger partial charge in [0, 0.05) is 6.42 Å². The number of rotatable bonds is 2. The molecule has 2 N–H and O–H groups in total. The molecule has 0 aliphatic rings. The van der Waals surface area contributed by atoms with Gasteiger partial charge < -0.3 is 5.73 Å². The Labute approximate surface area is 65.9 Å². The third kappa shape index (κ3) is 1.94. The minimum Gasteiger partial charge on any atom is -0.324 e. The van der Waals surface area contributed by atoms with Crippen molar-refractivity contribution in [2.24, 2.45) is 5.73 Å². The van der Waals surface area contributed by atoms with Gasteiger partial charge in [0.2, 0.25) is 0 Å². The molecule has 0 saturated heterocycles. The zero-order valence-corrected chi connectivity index (χ0v) is 6.83. The first kappa shape index (κ1) is 8.07. The topological polar surface area (TPSA) is 64.7 Å². The van der Waals surface area contributed by atoms with Crippen LogP contribution in [0.3, 0.4) is 0 Å².